The summed E-state index contributed by atoms with van der Waals surface area (Å²) >= 11 is 5.83. The Morgan fingerprint density at radius 3 is 0.720 bits per heavy atom. The van der Waals surface area contributed by atoms with Crippen LogP contribution in [0.4, 0.5) is 17.6 Å². The number of hydrogen-bond donors (Lipinski definition) is 4. The second-order valence-electron chi connectivity index (χ2n) is 24.6. The number of carbonyl (C=O) groups is 8. The summed E-state index contributed by atoms with van der Waals surface area (Å²) in [4.78, 5) is 98.7. The van der Waals surface area contributed by atoms with Crippen LogP contribution in [-0.2, 0) is 38.4 Å². The number of carbonyl (C=O) groups excluding carboxylic acids is 8. The molecule has 0 atom stereocenters. The number of unbranched alkanes of at least 4 members (excludes halogenated alkanes) is 4. The van der Waals surface area contributed by atoms with E-state index in [2.05, 4.69) is 21.3 Å². The van der Waals surface area contributed by atoms with Gasteiger partial charge in [-0.1, -0.05) is 216 Å². The molecular formula is C90H91ClF4N4O8. The van der Waals surface area contributed by atoms with Crippen LogP contribution in [0.2, 0.25) is 5.02 Å². The highest BCUT2D eigenvalue weighted by Crippen LogP contribution is 2.18. The Morgan fingerprint density at radius 1 is 0.290 bits per heavy atom. The van der Waals surface area contributed by atoms with Crippen molar-refractivity contribution in [1.29, 1.82) is 0 Å². The van der Waals surface area contributed by atoms with Crippen molar-refractivity contribution in [1.82, 2.24) is 21.3 Å². The fraction of sp³-hybridized carbons (Fsp3) is 0.200. The lowest BCUT2D eigenvalue weighted by Crippen LogP contribution is -2.25. The largest absolute Gasteiger partial charge is 0.319 e. The first kappa shape index (κ1) is 85.9. The molecule has 0 aliphatic carbocycles. The van der Waals surface area contributed by atoms with Gasteiger partial charge in [0.1, 0.15) is 23.3 Å². The number of ketones is 4. The summed E-state index contributed by atoms with van der Waals surface area (Å²) in [5.74, 6) is -3.55. The molecule has 0 saturated heterocycles. The van der Waals surface area contributed by atoms with Crippen LogP contribution < -0.4 is 21.3 Å². The lowest BCUT2D eigenvalue weighted by atomic mass is 10.1. The molecule has 0 unspecified atom stereocenters. The molecular weight excluding hydrogens is 1380 g/mol. The normalized spacial score (nSPS) is 11.6. The highest BCUT2D eigenvalue weighted by Gasteiger charge is 2.16. The molecule has 0 aliphatic rings. The molecule has 0 aromatic heterocycles. The topological polar surface area (TPSA) is 185 Å². The zero-order chi connectivity index (χ0) is 77.7. The van der Waals surface area contributed by atoms with Gasteiger partial charge in [0, 0.05) is 55.0 Å². The highest BCUT2D eigenvalue weighted by molar-refractivity contribution is 6.30. The predicted molar refractivity (Wildman–Crippen MR) is 425 cm³/mol. The smallest absolute Gasteiger partial charge is 0.248 e. The second-order valence-corrected chi connectivity index (χ2v) is 25.1. The first-order valence-corrected chi connectivity index (χ1v) is 35.8. The molecule has 0 heterocycles. The van der Waals surface area contributed by atoms with Crippen LogP contribution in [0, 0.1) is 37.1 Å². The second kappa shape index (κ2) is 48.3. The molecule has 8 aromatic carbocycles. The maximum Gasteiger partial charge on any atom is 0.248 e. The van der Waals surface area contributed by atoms with Crippen LogP contribution in [0.3, 0.4) is 0 Å². The van der Waals surface area contributed by atoms with Crippen molar-refractivity contribution in [2.24, 2.45) is 0 Å². The van der Waals surface area contributed by atoms with Crippen molar-refractivity contribution in [3.8, 4) is 0 Å². The maximum absolute atomic E-state index is 13.1. The van der Waals surface area contributed by atoms with Gasteiger partial charge in [0.05, 0.1) is 22.8 Å². The zero-order valence-electron chi connectivity index (χ0n) is 61.1. The third-order valence-electron chi connectivity index (χ3n) is 15.5. The number of nitrogens with one attached hydrogen (secondary N) is 4. The minimum absolute atomic E-state index is 0.140. The van der Waals surface area contributed by atoms with Crippen molar-refractivity contribution < 1.29 is 55.9 Å². The average Bonchev–Trinajstić information content (AvgIpc) is 1.09. The van der Waals surface area contributed by atoms with E-state index in [-0.39, 0.29) is 86.9 Å². The van der Waals surface area contributed by atoms with Gasteiger partial charge in [-0.15, -0.1) is 0 Å². The summed E-state index contributed by atoms with van der Waals surface area (Å²) in [5.41, 5.74) is 9.23. The van der Waals surface area contributed by atoms with Crippen molar-refractivity contribution in [3.63, 3.8) is 0 Å². The van der Waals surface area contributed by atoms with Crippen LogP contribution in [-0.4, -0.2) is 46.8 Å². The van der Waals surface area contributed by atoms with Crippen LogP contribution in [0.15, 0.2) is 247 Å². The summed E-state index contributed by atoms with van der Waals surface area (Å²) < 4.78 is 52.3. The monoisotopic (exact) mass is 1470 g/mol. The Morgan fingerprint density at radius 2 is 0.495 bits per heavy atom. The van der Waals surface area contributed by atoms with Gasteiger partial charge < -0.3 is 21.3 Å². The molecule has 4 N–H and O–H groups in total. The summed E-state index contributed by atoms with van der Waals surface area (Å²) in [7, 11) is 0. The van der Waals surface area contributed by atoms with Gasteiger partial charge >= 0.3 is 0 Å². The number of halogens is 5. The van der Waals surface area contributed by atoms with Gasteiger partial charge in [0.25, 0.3) is 0 Å². The number of rotatable bonds is 32. The number of aryl methyl sites for hydroxylation is 2. The lowest BCUT2D eigenvalue weighted by Gasteiger charge is -2.08. The van der Waals surface area contributed by atoms with Gasteiger partial charge in [-0.25, -0.2) is 17.6 Å². The van der Waals surface area contributed by atoms with Gasteiger partial charge in [-0.3, -0.25) is 38.4 Å². The third kappa shape index (κ3) is 35.5. The van der Waals surface area contributed by atoms with E-state index >= 15 is 0 Å². The fourth-order valence-electron chi connectivity index (χ4n) is 9.41. The summed E-state index contributed by atoms with van der Waals surface area (Å²) in [6.45, 7) is 12.0. The Bertz CT molecular complexity index is 4100. The molecule has 0 spiro atoms. The molecule has 0 aliphatic heterocycles. The quantitative estimate of drug-likeness (QED) is 0.0237. The molecule has 8 aromatic rings. The number of amides is 4. The van der Waals surface area contributed by atoms with Crippen LogP contribution in [0.25, 0.3) is 48.6 Å². The van der Waals surface area contributed by atoms with E-state index in [0.29, 0.717) is 53.0 Å². The number of allylic oxidation sites excluding steroid dienone is 4. The molecule has 8 rings (SSSR count). The number of Topliss-reactive ketones (excluding diaryl/α,β-unsaturated/α-hetero) is 4. The lowest BCUT2D eigenvalue weighted by molar-refractivity contribution is -0.120. The Labute approximate surface area is 630 Å². The third-order valence-corrected chi connectivity index (χ3v) is 15.8. The molecule has 17 heteroatoms. The van der Waals surface area contributed by atoms with Crippen LogP contribution >= 0.6 is 11.6 Å². The number of hydrogen-bond acceptors (Lipinski definition) is 8. The molecule has 4 amide bonds. The van der Waals surface area contributed by atoms with E-state index in [1.54, 1.807) is 121 Å². The molecule has 0 bridgehead atoms. The zero-order valence-corrected chi connectivity index (χ0v) is 61.9. The van der Waals surface area contributed by atoms with E-state index in [1.165, 1.54) is 72.8 Å². The van der Waals surface area contributed by atoms with E-state index in [0.717, 1.165) is 84.7 Å². The summed E-state index contributed by atoms with van der Waals surface area (Å²) in [6, 6.07) is 55.0. The van der Waals surface area contributed by atoms with E-state index in [4.69, 9.17) is 11.6 Å². The Kier molecular flexibility index (Phi) is 38.8. The Balaban J connectivity index is 0.000000256. The van der Waals surface area contributed by atoms with E-state index in [9.17, 15) is 55.9 Å². The minimum Gasteiger partial charge on any atom is -0.319 e. The van der Waals surface area contributed by atoms with Gasteiger partial charge in [-0.05, 0) is 193 Å². The van der Waals surface area contributed by atoms with Crippen molar-refractivity contribution in [2.75, 3.05) is 0 Å². The van der Waals surface area contributed by atoms with E-state index in [1.807, 2.05) is 120 Å². The van der Waals surface area contributed by atoms with Crippen molar-refractivity contribution in [3.05, 3.63) is 331 Å². The molecule has 107 heavy (non-hydrogen) atoms. The molecule has 12 nitrogen and oxygen atoms in total. The van der Waals surface area contributed by atoms with Crippen LogP contribution in [0.5, 0.6) is 0 Å². The van der Waals surface area contributed by atoms with Crippen LogP contribution in [0.1, 0.15) is 160 Å². The molecule has 0 radical (unpaired) electrons. The number of benzene rings is 8. The summed E-state index contributed by atoms with van der Waals surface area (Å²) in [6.07, 6.45) is 26.4. The predicted octanol–water partition coefficient (Wildman–Crippen LogP) is 20.3. The minimum atomic E-state index is -0.414. The van der Waals surface area contributed by atoms with Gasteiger partial charge in [0.2, 0.25) is 23.6 Å². The average molecular weight is 1470 g/mol. The van der Waals surface area contributed by atoms with Gasteiger partial charge in [0.15, 0.2) is 23.1 Å². The highest BCUT2D eigenvalue weighted by atomic mass is 35.5. The van der Waals surface area contributed by atoms with E-state index < -0.39 is 5.91 Å². The summed E-state index contributed by atoms with van der Waals surface area (Å²) in [5, 5.41) is 11.2. The SMILES string of the molecule is CCCCC(=O)/C(=C/c1ccc(F)cc1)NC(=O)/C=C/c1ccc(C)cc1.CCCCC(=O)/C(=C/c1ccc(F)cc1)NC(=O)/C=C/c1ccc(C)cc1.CCCCC(=O)/C(=C/c1ccc(F)cc1)NC(=O)/C=C/c1ccc(Cl)cc1.CCCCC(=O)/C(=C/c1ccc(F)cc1)NC(=O)/C=C/c1ccccc1. The fourth-order valence-corrected chi connectivity index (χ4v) is 9.54. The molecule has 0 fully saturated rings. The Hall–Kier alpha value is -11.8. The van der Waals surface area contributed by atoms with Crippen molar-refractivity contribution in [2.45, 2.75) is 119 Å². The molecule has 0 saturated carbocycles. The van der Waals surface area contributed by atoms with Crippen molar-refractivity contribution >= 4 is 107 Å². The first-order valence-electron chi connectivity index (χ1n) is 35.4. The van der Waals surface area contributed by atoms with Gasteiger partial charge in [-0.2, -0.15) is 0 Å². The molecule has 554 valence electrons. The first-order chi connectivity index (χ1) is 51.5. The maximum atomic E-state index is 13.1. The standard InChI is InChI=1S/2C23H24FNO2.C22H21ClFNO2.C22H22FNO2/c2*1-3-4-5-22(26)21(16-19-10-13-20(24)14-11-19)25-23(27)15-12-18-8-6-17(2)7-9-18;1-2-3-4-21(26)20(15-17-7-12-19(24)13-8-17)25-22(27)14-9-16-5-10-18(23)11-6-16;1-2-3-9-21(25)20(16-18-10-13-19(23)14-11-18)24-22(26)15-12-17-7-5-4-6-8-17/h2*6-16H,3-5H2,1-2H3,(H,25,27);5-15H,2-4H2,1H3,(H,25,27);4-8,10-16H,2-3,9H2,1H3,(H,24,26)/b2*15-12+,21-16-;14-9+,20-15-;15-12+,20-16-.